The van der Waals surface area contributed by atoms with Crippen LogP contribution in [0.4, 0.5) is 0 Å². The molecule has 128 valence electrons. The maximum absolute atomic E-state index is 6.06. The van der Waals surface area contributed by atoms with Crippen LogP contribution < -0.4 is 5.73 Å². The first-order chi connectivity index (χ1) is 9.65. The summed E-state index contributed by atoms with van der Waals surface area (Å²) in [6, 6.07) is 0.763. The van der Waals surface area contributed by atoms with E-state index in [1.54, 1.807) is 0 Å². The van der Waals surface area contributed by atoms with Crippen molar-refractivity contribution in [3.8, 4) is 0 Å². The van der Waals surface area contributed by atoms with Gasteiger partial charge >= 0.3 is 0 Å². The van der Waals surface area contributed by atoms with E-state index in [0.29, 0.717) is 12.1 Å². The van der Waals surface area contributed by atoms with E-state index in [9.17, 15) is 0 Å². The number of hydrogen-bond acceptors (Lipinski definition) is 2. The second-order valence-electron chi connectivity index (χ2n) is 7.67. The van der Waals surface area contributed by atoms with Gasteiger partial charge < -0.3 is 15.0 Å². The fraction of sp³-hybridized carbons (Fsp3) is 1.00. The van der Waals surface area contributed by atoms with Crippen molar-refractivity contribution in [2.45, 2.75) is 78.5 Å². The Morgan fingerprint density at radius 2 is 1.67 bits per heavy atom. The number of quaternary nitrogens is 1. The molecule has 0 amide bonds. The molecule has 0 radical (unpaired) electrons. The highest BCUT2D eigenvalue weighted by molar-refractivity contribution is 4.69. The lowest BCUT2D eigenvalue weighted by Crippen LogP contribution is -2.55. The van der Waals surface area contributed by atoms with Crippen LogP contribution in [0.3, 0.4) is 0 Å². The summed E-state index contributed by atoms with van der Waals surface area (Å²) in [6.07, 6.45) is 5.40. The van der Waals surface area contributed by atoms with Crippen LogP contribution in [-0.2, 0) is 4.74 Å². The predicted molar refractivity (Wildman–Crippen MR) is 93.4 cm³/mol. The molecule has 0 rings (SSSR count). The van der Waals surface area contributed by atoms with Gasteiger partial charge in [-0.1, -0.05) is 20.3 Å². The number of methoxy groups -OCH3 is 1. The molecule has 21 heavy (non-hydrogen) atoms. The molecule has 5 unspecified atom stereocenters. The zero-order valence-corrected chi connectivity index (χ0v) is 15.9. The van der Waals surface area contributed by atoms with Crippen molar-refractivity contribution in [3.63, 3.8) is 0 Å². The van der Waals surface area contributed by atoms with Crippen molar-refractivity contribution in [2.24, 2.45) is 17.6 Å². The third-order valence-corrected chi connectivity index (χ3v) is 5.62. The highest BCUT2D eigenvalue weighted by Crippen LogP contribution is 2.26. The van der Waals surface area contributed by atoms with Crippen LogP contribution in [-0.4, -0.2) is 50.4 Å². The Labute approximate surface area is 133 Å². The van der Waals surface area contributed by atoms with Crippen LogP contribution >= 0.6 is 0 Å². The quantitative estimate of drug-likeness (QED) is 0.591. The number of nitrogens with zero attached hydrogens (tertiary/aromatic N) is 1. The fourth-order valence-electron chi connectivity index (χ4n) is 3.22. The van der Waals surface area contributed by atoms with Gasteiger partial charge in [0.15, 0.2) is 0 Å². The van der Waals surface area contributed by atoms with Crippen molar-refractivity contribution in [1.29, 1.82) is 0 Å². The summed E-state index contributed by atoms with van der Waals surface area (Å²) in [4.78, 5) is 0. The number of ether oxygens (including phenoxy) is 1. The average molecular weight is 302 g/mol. The Kier molecular flexibility index (Phi) is 9.75. The summed E-state index contributed by atoms with van der Waals surface area (Å²) in [6.45, 7) is 12.5. The van der Waals surface area contributed by atoms with Crippen LogP contribution in [0, 0.1) is 11.8 Å². The summed E-state index contributed by atoms with van der Waals surface area (Å²) < 4.78 is 6.46. The van der Waals surface area contributed by atoms with E-state index in [0.717, 1.165) is 16.3 Å². The normalized spacial score (nSPS) is 19.9. The second kappa shape index (κ2) is 9.81. The fourth-order valence-corrected chi connectivity index (χ4v) is 3.22. The summed E-state index contributed by atoms with van der Waals surface area (Å²) in [5, 5.41) is 0. The SMILES string of the molecule is CCC(CC(C)OC)C(C)CCC[N+](C)(C)C(C)C(C)N. The number of rotatable bonds is 11. The van der Waals surface area contributed by atoms with Gasteiger partial charge in [-0.05, 0) is 51.9 Å². The minimum absolute atomic E-state index is 0.253. The van der Waals surface area contributed by atoms with Gasteiger partial charge in [0.05, 0.1) is 32.8 Å². The molecule has 3 nitrogen and oxygen atoms in total. The van der Waals surface area contributed by atoms with E-state index in [2.05, 4.69) is 48.7 Å². The molecule has 0 fully saturated rings. The third-order valence-electron chi connectivity index (χ3n) is 5.62. The maximum Gasteiger partial charge on any atom is 0.101 e. The Bertz CT molecular complexity index is 266. The Balaban J connectivity index is 4.25. The van der Waals surface area contributed by atoms with Gasteiger partial charge in [0, 0.05) is 7.11 Å². The number of nitrogens with two attached hydrogens (primary N) is 1. The molecule has 0 spiro atoms. The van der Waals surface area contributed by atoms with Crippen LogP contribution in [0.15, 0.2) is 0 Å². The van der Waals surface area contributed by atoms with Gasteiger partial charge in [-0.25, -0.2) is 0 Å². The smallest absolute Gasteiger partial charge is 0.101 e. The van der Waals surface area contributed by atoms with E-state index in [-0.39, 0.29) is 6.04 Å². The number of hydrogen-bond donors (Lipinski definition) is 1. The van der Waals surface area contributed by atoms with Gasteiger partial charge in [-0.3, -0.25) is 0 Å². The third kappa shape index (κ3) is 7.62. The Morgan fingerprint density at radius 1 is 1.10 bits per heavy atom. The van der Waals surface area contributed by atoms with Crippen molar-refractivity contribution >= 4 is 0 Å². The second-order valence-corrected chi connectivity index (χ2v) is 7.67. The molecule has 0 aromatic heterocycles. The van der Waals surface area contributed by atoms with Gasteiger partial charge in [0.2, 0.25) is 0 Å². The minimum atomic E-state index is 0.253. The number of likely N-dealkylation sites (N-methyl/N-ethyl adjacent to an activating group) is 1. The van der Waals surface area contributed by atoms with E-state index in [4.69, 9.17) is 10.5 Å². The largest absolute Gasteiger partial charge is 0.382 e. The van der Waals surface area contributed by atoms with Gasteiger partial charge in [0.25, 0.3) is 0 Å². The lowest BCUT2D eigenvalue weighted by Gasteiger charge is -2.38. The first-order valence-corrected chi connectivity index (χ1v) is 8.76. The van der Waals surface area contributed by atoms with Crippen LogP contribution in [0.2, 0.25) is 0 Å². The summed E-state index contributed by atoms with van der Waals surface area (Å²) in [5.74, 6) is 1.56. The van der Waals surface area contributed by atoms with Crippen LogP contribution in [0.25, 0.3) is 0 Å². The molecule has 0 bridgehead atoms. The van der Waals surface area contributed by atoms with Crippen molar-refractivity contribution < 1.29 is 9.22 Å². The molecule has 0 aliphatic heterocycles. The zero-order chi connectivity index (χ0) is 16.6. The molecule has 0 saturated heterocycles. The lowest BCUT2D eigenvalue weighted by atomic mass is 9.84. The van der Waals surface area contributed by atoms with E-state index in [1.807, 2.05) is 7.11 Å². The molecule has 0 aromatic rings. The lowest BCUT2D eigenvalue weighted by molar-refractivity contribution is -0.914. The van der Waals surface area contributed by atoms with E-state index < -0.39 is 0 Å². The summed E-state index contributed by atoms with van der Waals surface area (Å²) in [5.41, 5.74) is 6.06. The topological polar surface area (TPSA) is 35.2 Å². The molecule has 0 aliphatic carbocycles. The molecule has 3 heteroatoms. The van der Waals surface area contributed by atoms with E-state index in [1.165, 1.54) is 32.2 Å². The van der Waals surface area contributed by atoms with Gasteiger partial charge in [-0.15, -0.1) is 0 Å². The van der Waals surface area contributed by atoms with Crippen LogP contribution in [0.1, 0.15) is 60.3 Å². The first-order valence-electron chi connectivity index (χ1n) is 8.76. The van der Waals surface area contributed by atoms with Crippen molar-refractivity contribution in [1.82, 2.24) is 0 Å². The maximum atomic E-state index is 6.06. The zero-order valence-electron chi connectivity index (χ0n) is 15.9. The molecule has 0 saturated carbocycles. The van der Waals surface area contributed by atoms with Gasteiger partial charge in [0.1, 0.15) is 6.04 Å². The standard InChI is InChI=1S/C18H41N2O/c1-9-18(13-15(3)21-8)14(2)11-10-12-20(6,7)17(5)16(4)19/h14-18H,9-13,19H2,1-8H3/q+1. The Hall–Kier alpha value is -0.120. The average Bonchev–Trinajstić information content (AvgIpc) is 2.42. The van der Waals surface area contributed by atoms with Crippen molar-refractivity contribution in [3.05, 3.63) is 0 Å². The molecule has 0 aliphatic rings. The molecule has 0 aromatic carbocycles. The predicted octanol–water partition coefficient (Wildman–Crippen LogP) is 3.67. The molecule has 5 atom stereocenters. The summed E-state index contributed by atoms with van der Waals surface area (Å²) in [7, 11) is 6.43. The molecule has 2 N–H and O–H groups in total. The summed E-state index contributed by atoms with van der Waals surface area (Å²) >= 11 is 0. The minimum Gasteiger partial charge on any atom is -0.382 e. The Morgan fingerprint density at radius 3 is 2.10 bits per heavy atom. The molecular weight excluding hydrogens is 260 g/mol. The first kappa shape index (κ1) is 20.9. The highest BCUT2D eigenvalue weighted by Gasteiger charge is 2.27. The monoisotopic (exact) mass is 301 g/mol. The van der Waals surface area contributed by atoms with Crippen LogP contribution in [0.5, 0.6) is 0 Å². The van der Waals surface area contributed by atoms with Crippen molar-refractivity contribution in [2.75, 3.05) is 27.7 Å². The van der Waals surface area contributed by atoms with Gasteiger partial charge in [-0.2, -0.15) is 0 Å². The van der Waals surface area contributed by atoms with E-state index >= 15 is 0 Å². The molecular formula is C18H41N2O+. The molecule has 0 heterocycles. The highest BCUT2D eigenvalue weighted by atomic mass is 16.5.